The molecule has 0 saturated carbocycles. The number of carbonyl (C=O) groups is 1. The van der Waals surface area contributed by atoms with Crippen LogP contribution in [0.3, 0.4) is 0 Å². The summed E-state index contributed by atoms with van der Waals surface area (Å²) >= 11 is 6.12. The van der Waals surface area contributed by atoms with Gasteiger partial charge in [-0.05, 0) is 30.2 Å². The van der Waals surface area contributed by atoms with Crippen LogP contribution in [0.4, 0.5) is 0 Å². The molecule has 0 bridgehead atoms. The Balaban J connectivity index is 2.49. The minimum Gasteiger partial charge on any atom is -0.464 e. The normalized spacial score (nSPS) is 10.2. The second-order valence-electron chi connectivity index (χ2n) is 3.84. The van der Waals surface area contributed by atoms with E-state index >= 15 is 0 Å². The average Bonchev–Trinajstić information content (AvgIpc) is 2.39. The molecule has 18 heavy (non-hydrogen) atoms. The Labute approximate surface area is 110 Å². The van der Waals surface area contributed by atoms with Gasteiger partial charge in [-0.3, -0.25) is 0 Å². The van der Waals surface area contributed by atoms with Gasteiger partial charge in [0.2, 0.25) is 0 Å². The molecular weight excluding hydrogens is 250 g/mol. The van der Waals surface area contributed by atoms with Gasteiger partial charge in [0.15, 0.2) is 0 Å². The number of halogens is 1. The highest BCUT2D eigenvalue weighted by Crippen LogP contribution is 2.29. The van der Waals surface area contributed by atoms with E-state index in [9.17, 15) is 4.79 Å². The number of ether oxygens (including phenoxy) is 1. The molecule has 0 aliphatic heterocycles. The second-order valence-corrected chi connectivity index (χ2v) is 4.20. The van der Waals surface area contributed by atoms with Crippen molar-refractivity contribution in [3.8, 4) is 11.1 Å². The zero-order valence-electron chi connectivity index (χ0n) is 10.1. The molecule has 0 N–H and O–H groups in total. The van der Waals surface area contributed by atoms with Crippen LogP contribution in [-0.2, 0) is 4.74 Å². The number of methoxy groups -OCH3 is 1. The number of nitrogens with zero attached hydrogens (tertiary/aromatic N) is 1. The SMILES string of the molecule is COC(=O)c1ccc(-c2ccccc2C)c(Cl)n1. The van der Waals surface area contributed by atoms with E-state index in [1.807, 2.05) is 31.2 Å². The van der Waals surface area contributed by atoms with Crippen molar-refractivity contribution in [2.24, 2.45) is 0 Å². The predicted octanol–water partition coefficient (Wildman–Crippen LogP) is 3.50. The van der Waals surface area contributed by atoms with Gasteiger partial charge in [0, 0.05) is 5.56 Å². The summed E-state index contributed by atoms with van der Waals surface area (Å²) in [7, 11) is 1.31. The number of hydrogen-bond donors (Lipinski definition) is 0. The fraction of sp³-hybridized carbons (Fsp3) is 0.143. The molecule has 1 aromatic carbocycles. The Morgan fingerprint density at radius 3 is 2.50 bits per heavy atom. The smallest absolute Gasteiger partial charge is 0.356 e. The van der Waals surface area contributed by atoms with Crippen LogP contribution in [0.25, 0.3) is 11.1 Å². The highest BCUT2D eigenvalue weighted by atomic mass is 35.5. The van der Waals surface area contributed by atoms with Crippen molar-refractivity contribution >= 4 is 17.6 Å². The zero-order chi connectivity index (χ0) is 13.1. The minimum absolute atomic E-state index is 0.208. The first-order valence-corrected chi connectivity index (χ1v) is 5.82. The van der Waals surface area contributed by atoms with Gasteiger partial charge in [0.05, 0.1) is 7.11 Å². The number of benzene rings is 1. The number of aromatic nitrogens is 1. The molecule has 2 rings (SSSR count). The summed E-state index contributed by atoms with van der Waals surface area (Å²) in [4.78, 5) is 15.4. The first kappa shape index (κ1) is 12.6. The Kier molecular flexibility index (Phi) is 3.63. The topological polar surface area (TPSA) is 39.2 Å². The first-order chi connectivity index (χ1) is 8.63. The molecule has 0 fully saturated rings. The van der Waals surface area contributed by atoms with Crippen molar-refractivity contribution in [2.45, 2.75) is 6.92 Å². The van der Waals surface area contributed by atoms with Gasteiger partial charge in [-0.2, -0.15) is 0 Å². The van der Waals surface area contributed by atoms with E-state index in [4.69, 9.17) is 11.6 Å². The number of aryl methyl sites for hydroxylation is 1. The van der Waals surface area contributed by atoms with E-state index in [1.54, 1.807) is 12.1 Å². The lowest BCUT2D eigenvalue weighted by atomic mass is 10.0. The van der Waals surface area contributed by atoms with Gasteiger partial charge in [-0.25, -0.2) is 9.78 Å². The highest BCUT2D eigenvalue weighted by Gasteiger charge is 2.12. The largest absolute Gasteiger partial charge is 0.464 e. The van der Waals surface area contributed by atoms with Gasteiger partial charge in [0.25, 0.3) is 0 Å². The Morgan fingerprint density at radius 2 is 1.89 bits per heavy atom. The Bertz CT molecular complexity index is 596. The van der Waals surface area contributed by atoms with E-state index in [0.717, 1.165) is 16.7 Å². The van der Waals surface area contributed by atoms with Crippen molar-refractivity contribution < 1.29 is 9.53 Å². The van der Waals surface area contributed by atoms with Crippen molar-refractivity contribution in [2.75, 3.05) is 7.11 Å². The van der Waals surface area contributed by atoms with Crippen molar-refractivity contribution in [3.05, 3.63) is 52.8 Å². The lowest BCUT2D eigenvalue weighted by molar-refractivity contribution is 0.0594. The summed E-state index contributed by atoms with van der Waals surface area (Å²) in [5.41, 5.74) is 3.13. The fourth-order valence-electron chi connectivity index (χ4n) is 1.73. The quantitative estimate of drug-likeness (QED) is 0.614. The molecule has 0 spiro atoms. The van der Waals surface area contributed by atoms with E-state index in [1.165, 1.54) is 7.11 Å². The van der Waals surface area contributed by atoms with Crippen LogP contribution in [0.15, 0.2) is 36.4 Å². The molecule has 0 amide bonds. The summed E-state index contributed by atoms with van der Waals surface area (Å²) in [6.07, 6.45) is 0. The maximum absolute atomic E-state index is 11.3. The molecule has 0 unspecified atom stereocenters. The predicted molar refractivity (Wildman–Crippen MR) is 70.8 cm³/mol. The average molecular weight is 262 g/mol. The van der Waals surface area contributed by atoms with Crippen molar-refractivity contribution in [3.63, 3.8) is 0 Å². The third-order valence-corrected chi connectivity index (χ3v) is 2.97. The maximum Gasteiger partial charge on any atom is 0.356 e. The van der Waals surface area contributed by atoms with Crippen LogP contribution in [0.2, 0.25) is 5.15 Å². The standard InChI is InChI=1S/C14H12ClNO2/c1-9-5-3-4-6-10(9)11-7-8-12(14(17)18-2)16-13(11)15/h3-8H,1-2H3. The summed E-state index contributed by atoms with van der Waals surface area (Å²) in [5, 5.41) is 0.298. The lowest BCUT2D eigenvalue weighted by Gasteiger charge is -2.08. The Morgan fingerprint density at radius 1 is 1.17 bits per heavy atom. The van der Waals surface area contributed by atoms with E-state index in [-0.39, 0.29) is 5.69 Å². The molecule has 3 nitrogen and oxygen atoms in total. The van der Waals surface area contributed by atoms with Crippen molar-refractivity contribution in [1.29, 1.82) is 0 Å². The number of hydrogen-bond acceptors (Lipinski definition) is 3. The zero-order valence-corrected chi connectivity index (χ0v) is 10.9. The van der Waals surface area contributed by atoms with Crippen LogP contribution in [-0.4, -0.2) is 18.1 Å². The van der Waals surface area contributed by atoms with Gasteiger partial charge >= 0.3 is 5.97 Å². The van der Waals surface area contributed by atoms with Gasteiger partial charge in [0.1, 0.15) is 10.8 Å². The summed E-state index contributed by atoms with van der Waals surface area (Å²) in [6.45, 7) is 2.00. The molecule has 1 aromatic heterocycles. The van der Waals surface area contributed by atoms with Gasteiger partial charge < -0.3 is 4.74 Å². The molecular formula is C14H12ClNO2. The van der Waals surface area contributed by atoms with Crippen LogP contribution in [0, 0.1) is 6.92 Å². The van der Waals surface area contributed by atoms with Crippen molar-refractivity contribution in [1.82, 2.24) is 4.98 Å². The number of esters is 1. The second kappa shape index (κ2) is 5.19. The molecule has 0 saturated heterocycles. The van der Waals surface area contributed by atoms with Crippen LogP contribution in [0.1, 0.15) is 16.1 Å². The molecule has 1 heterocycles. The molecule has 4 heteroatoms. The minimum atomic E-state index is -0.492. The van der Waals surface area contributed by atoms with Crippen LogP contribution in [0.5, 0.6) is 0 Å². The number of rotatable bonds is 2. The maximum atomic E-state index is 11.3. The molecule has 0 aliphatic rings. The highest BCUT2D eigenvalue weighted by molar-refractivity contribution is 6.32. The van der Waals surface area contributed by atoms with E-state index in [0.29, 0.717) is 5.15 Å². The van der Waals surface area contributed by atoms with E-state index in [2.05, 4.69) is 9.72 Å². The number of carbonyl (C=O) groups excluding carboxylic acids is 1. The molecule has 0 radical (unpaired) electrons. The third kappa shape index (κ3) is 2.36. The van der Waals surface area contributed by atoms with Crippen LogP contribution >= 0.6 is 11.6 Å². The molecule has 0 aliphatic carbocycles. The van der Waals surface area contributed by atoms with Gasteiger partial charge in [-0.1, -0.05) is 35.9 Å². The Hall–Kier alpha value is -1.87. The molecule has 0 atom stereocenters. The third-order valence-electron chi connectivity index (χ3n) is 2.68. The van der Waals surface area contributed by atoms with E-state index < -0.39 is 5.97 Å². The summed E-state index contributed by atoms with van der Waals surface area (Å²) in [6, 6.07) is 11.3. The summed E-state index contributed by atoms with van der Waals surface area (Å²) < 4.78 is 4.60. The lowest BCUT2D eigenvalue weighted by Crippen LogP contribution is -2.04. The molecule has 2 aromatic rings. The summed E-state index contributed by atoms with van der Waals surface area (Å²) in [5.74, 6) is -0.492. The molecule has 92 valence electrons. The van der Waals surface area contributed by atoms with Gasteiger partial charge in [-0.15, -0.1) is 0 Å². The first-order valence-electron chi connectivity index (χ1n) is 5.44. The monoisotopic (exact) mass is 261 g/mol. The fourth-order valence-corrected chi connectivity index (χ4v) is 1.98. The number of pyridine rings is 1. The van der Waals surface area contributed by atoms with Crippen LogP contribution < -0.4 is 0 Å².